The van der Waals surface area contributed by atoms with Gasteiger partial charge < -0.3 is 10.6 Å². The minimum absolute atomic E-state index is 0.0976. The van der Waals surface area contributed by atoms with Crippen molar-refractivity contribution >= 4 is 11.8 Å². The average molecular weight is 298 g/mol. The molecule has 2 heterocycles. The second-order valence-electron chi connectivity index (χ2n) is 5.41. The lowest BCUT2D eigenvalue weighted by Crippen LogP contribution is -2.44. The van der Waals surface area contributed by atoms with Crippen LogP contribution < -0.4 is 5.73 Å². The van der Waals surface area contributed by atoms with Crippen molar-refractivity contribution in [2.75, 3.05) is 6.54 Å². The summed E-state index contributed by atoms with van der Waals surface area (Å²) in [6.45, 7) is 0.589. The molecule has 0 spiro atoms. The molecule has 1 aromatic heterocycles. The lowest BCUT2D eigenvalue weighted by Gasteiger charge is -2.21. The number of carbonyl (C=O) groups is 2. The molecule has 1 saturated heterocycles. The van der Waals surface area contributed by atoms with Gasteiger partial charge in [-0.05, 0) is 31.0 Å². The largest absolute Gasteiger partial charge is 0.368 e. The molecule has 6 nitrogen and oxygen atoms in total. The molecule has 0 aliphatic carbocycles. The highest BCUT2D eigenvalue weighted by Crippen LogP contribution is 2.18. The Bertz CT molecular complexity index is 680. The molecule has 1 fully saturated rings. The van der Waals surface area contributed by atoms with Crippen LogP contribution in [0.5, 0.6) is 0 Å². The van der Waals surface area contributed by atoms with Gasteiger partial charge in [0.05, 0.1) is 17.8 Å². The van der Waals surface area contributed by atoms with Crippen LogP contribution in [0.4, 0.5) is 0 Å². The predicted octanol–water partition coefficient (Wildman–Crippen LogP) is 0.891. The number of amides is 2. The van der Waals surface area contributed by atoms with E-state index in [1.807, 2.05) is 42.6 Å². The van der Waals surface area contributed by atoms with Crippen molar-refractivity contribution in [1.82, 2.24) is 14.7 Å². The number of likely N-dealkylation sites (tertiary alicyclic amines) is 1. The van der Waals surface area contributed by atoms with Gasteiger partial charge >= 0.3 is 0 Å². The zero-order chi connectivity index (χ0) is 15.5. The molecular formula is C16H18N4O2. The number of aromatic nitrogens is 2. The van der Waals surface area contributed by atoms with Crippen LogP contribution in [0.1, 0.15) is 18.5 Å². The Labute approximate surface area is 128 Å². The van der Waals surface area contributed by atoms with E-state index in [0.29, 0.717) is 18.7 Å². The van der Waals surface area contributed by atoms with Crippen LogP contribution in [0, 0.1) is 0 Å². The van der Waals surface area contributed by atoms with Crippen molar-refractivity contribution in [3.8, 4) is 5.69 Å². The Morgan fingerprint density at radius 3 is 2.73 bits per heavy atom. The molecule has 2 aromatic rings. The van der Waals surface area contributed by atoms with Gasteiger partial charge in [-0.25, -0.2) is 4.68 Å². The molecular weight excluding hydrogens is 280 g/mol. The van der Waals surface area contributed by atoms with Crippen LogP contribution in [0.25, 0.3) is 5.69 Å². The summed E-state index contributed by atoms with van der Waals surface area (Å²) in [5.41, 5.74) is 6.97. The van der Waals surface area contributed by atoms with Crippen molar-refractivity contribution in [3.05, 3.63) is 48.3 Å². The first-order chi connectivity index (χ1) is 10.6. The summed E-state index contributed by atoms with van der Waals surface area (Å²) in [7, 11) is 0. The summed E-state index contributed by atoms with van der Waals surface area (Å²) in [4.78, 5) is 25.3. The molecule has 0 bridgehead atoms. The van der Waals surface area contributed by atoms with Gasteiger partial charge in [-0.1, -0.05) is 18.2 Å². The smallest absolute Gasteiger partial charge is 0.240 e. The Morgan fingerprint density at radius 1 is 1.23 bits per heavy atom. The molecule has 0 saturated carbocycles. The van der Waals surface area contributed by atoms with Crippen LogP contribution in [0.3, 0.4) is 0 Å². The van der Waals surface area contributed by atoms with Crippen molar-refractivity contribution < 1.29 is 9.59 Å². The SMILES string of the molecule is NC(=O)[C@H]1CCCN1C(=O)Cc1ccn(-c2ccccc2)n1. The van der Waals surface area contributed by atoms with E-state index >= 15 is 0 Å². The van der Waals surface area contributed by atoms with E-state index in [1.54, 1.807) is 9.58 Å². The molecule has 1 aliphatic heterocycles. The summed E-state index contributed by atoms with van der Waals surface area (Å²) in [5, 5.41) is 4.41. The van der Waals surface area contributed by atoms with E-state index in [1.165, 1.54) is 0 Å². The molecule has 114 valence electrons. The molecule has 0 unspecified atom stereocenters. The number of nitrogens with zero attached hydrogens (tertiary/aromatic N) is 3. The number of nitrogens with two attached hydrogens (primary N) is 1. The van der Waals surface area contributed by atoms with E-state index in [4.69, 9.17) is 5.73 Å². The van der Waals surface area contributed by atoms with E-state index in [-0.39, 0.29) is 12.3 Å². The summed E-state index contributed by atoms with van der Waals surface area (Å²) < 4.78 is 1.73. The molecule has 2 amide bonds. The number of para-hydroxylation sites is 1. The van der Waals surface area contributed by atoms with Crippen molar-refractivity contribution in [2.24, 2.45) is 5.73 Å². The number of carbonyl (C=O) groups excluding carboxylic acids is 2. The Kier molecular flexibility index (Phi) is 3.91. The average Bonchev–Trinajstić information content (AvgIpc) is 3.17. The molecule has 22 heavy (non-hydrogen) atoms. The number of primary amides is 1. The number of hydrogen-bond acceptors (Lipinski definition) is 3. The van der Waals surface area contributed by atoms with Gasteiger partial charge in [0.2, 0.25) is 11.8 Å². The minimum Gasteiger partial charge on any atom is -0.368 e. The van der Waals surface area contributed by atoms with Gasteiger partial charge in [0, 0.05) is 12.7 Å². The first-order valence-electron chi connectivity index (χ1n) is 7.34. The van der Waals surface area contributed by atoms with Gasteiger partial charge in [-0.3, -0.25) is 9.59 Å². The maximum Gasteiger partial charge on any atom is 0.240 e. The van der Waals surface area contributed by atoms with E-state index in [9.17, 15) is 9.59 Å². The lowest BCUT2D eigenvalue weighted by atomic mass is 10.2. The predicted molar refractivity (Wildman–Crippen MR) is 81.2 cm³/mol. The summed E-state index contributed by atoms with van der Waals surface area (Å²) in [5.74, 6) is -0.528. The van der Waals surface area contributed by atoms with E-state index in [0.717, 1.165) is 12.1 Å². The third kappa shape index (κ3) is 2.86. The highest BCUT2D eigenvalue weighted by Gasteiger charge is 2.32. The van der Waals surface area contributed by atoms with Crippen LogP contribution in [0.15, 0.2) is 42.6 Å². The number of rotatable bonds is 4. The van der Waals surface area contributed by atoms with Gasteiger partial charge in [0.1, 0.15) is 6.04 Å². The molecule has 6 heteroatoms. The fourth-order valence-electron chi connectivity index (χ4n) is 2.80. The van der Waals surface area contributed by atoms with Gasteiger partial charge in [-0.2, -0.15) is 5.10 Å². The van der Waals surface area contributed by atoms with Crippen LogP contribution in [0.2, 0.25) is 0 Å². The zero-order valence-corrected chi connectivity index (χ0v) is 12.2. The monoisotopic (exact) mass is 298 g/mol. The van der Waals surface area contributed by atoms with Crippen molar-refractivity contribution in [1.29, 1.82) is 0 Å². The van der Waals surface area contributed by atoms with E-state index in [2.05, 4.69) is 5.10 Å². The fourth-order valence-corrected chi connectivity index (χ4v) is 2.80. The van der Waals surface area contributed by atoms with Gasteiger partial charge in [-0.15, -0.1) is 0 Å². The van der Waals surface area contributed by atoms with Gasteiger partial charge in [0.25, 0.3) is 0 Å². The van der Waals surface area contributed by atoms with Crippen LogP contribution in [-0.4, -0.2) is 39.1 Å². The molecule has 2 N–H and O–H groups in total. The normalized spacial score (nSPS) is 17.6. The number of benzene rings is 1. The topological polar surface area (TPSA) is 81.2 Å². The summed E-state index contributed by atoms with van der Waals surface area (Å²) in [6.07, 6.45) is 3.48. The van der Waals surface area contributed by atoms with Crippen LogP contribution >= 0.6 is 0 Å². The summed E-state index contributed by atoms with van der Waals surface area (Å²) >= 11 is 0. The zero-order valence-electron chi connectivity index (χ0n) is 12.2. The molecule has 1 atom stereocenters. The maximum absolute atomic E-state index is 12.3. The third-order valence-electron chi connectivity index (χ3n) is 3.90. The third-order valence-corrected chi connectivity index (χ3v) is 3.90. The van der Waals surface area contributed by atoms with Crippen molar-refractivity contribution in [3.63, 3.8) is 0 Å². The first kappa shape index (κ1) is 14.3. The second kappa shape index (κ2) is 6.01. The highest BCUT2D eigenvalue weighted by atomic mass is 16.2. The minimum atomic E-state index is -0.469. The standard InChI is InChI=1S/C16H18N4O2/c17-16(22)14-7-4-9-19(14)15(21)11-12-8-10-20(18-12)13-5-2-1-3-6-13/h1-3,5-6,8,10,14H,4,7,9,11H2,(H2,17,22)/t14-/m1/s1. The van der Waals surface area contributed by atoms with E-state index < -0.39 is 11.9 Å². The Balaban J connectivity index is 1.70. The Morgan fingerprint density at radius 2 is 2.00 bits per heavy atom. The number of hydrogen-bond donors (Lipinski definition) is 1. The second-order valence-corrected chi connectivity index (χ2v) is 5.41. The molecule has 1 aliphatic rings. The molecule has 1 aromatic carbocycles. The quantitative estimate of drug-likeness (QED) is 0.910. The highest BCUT2D eigenvalue weighted by molar-refractivity contribution is 5.87. The lowest BCUT2D eigenvalue weighted by molar-refractivity contribution is -0.136. The van der Waals surface area contributed by atoms with Crippen molar-refractivity contribution in [2.45, 2.75) is 25.3 Å². The van der Waals surface area contributed by atoms with Crippen LogP contribution in [-0.2, 0) is 16.0 Å². The summed E-state index contributed by atoms with van der Waals surface area (Å²) in [6, 6.07) is 11.1. The first-order valence-corrected chi connectivity index (χ1v) is 7.34. The molecule has 0 radical (unpaired) electrons. The maximum atomic E-state index is 12.3. The van der Waals surface area contributed by atoms with Gasteiger partial charge in [0.15, 0.2) is 0 Å². The fraction of sp³-hybridized carbons (Fsp3) is 0.312. The molecule has 3 rings (SSSR count). The Hall–Kier alpha value is -2.63.